The number of para-hydroxylation sites is 2. The number of hydrogen-bond acceptors (Lipinski definition) is 4. The van der Waals surface area contributed by atoms with Crippen LogP contribution in [0.5, 0.6) is 5.75 Å². The molecule has 1 amide bonds. The first kappa shape index (κ1) is 15.1. The third-order valence-corrected chi connectivity index (χ3v) is 3.82. The summed E-state index contributed by atoms with van der Waals surface area (Å²) in [6, 6.07) is 15.6. The predicted octanol–water partition coefficient (Wildman–Crippen LogP) is 2.57. The number of nitrogens with one attached hydrogen (secondary N) is 2. The smallest absolute Gasteiger partial charge is 0.259 e. The Kier molecular flexibility index (Phi) is 4.57. The van der Waals surface area contributed by atoms with Crippen molar-refractivity contribution < 1.29 is 9.53 Å². The third-order valence-electron chi connectivity index (χ3n) is 3.82. The zero-order valence-electron chi connectivity index (χ0n) is 13.0. The third kappa shape index (κ3) is 3.51. The maximum atomic E-state index is 12.0. The summed E-state index contributed by atoms with van der Waals surface area (Å²) in [5, 5.41) is 7.32. The van der Waals surface area contributed by atoms with Crippen molar-refractivity contribution in [1.82, 2.24) is 5.43 Å². The molecule has 1 aliphatic rings. The van der Waals surface area contributed by atoms with Crippen LogP contribution in [0.4, 0.5) is 5.69 Å². The van der Waals surface area contributed by atoms with E-state index in [-0.39, 0.29) is 12.5 Å². The molecule has 2 aromatic rings. The van der Waals surface area contributed by atoms with E-state index in [4.69, 9.17) is 4.74 Å². The number of aryl methyl sites for hydroxylation is 1. The number of ether oxygens (including phenoxy) is 1. The number of carbonyl (C=O) groups is 1. The molecule has 118 valence electrons. The first-order valence-electron chi connectivity index (χ1n) is 7.58. The number of nitrogens with zero attached hydrogens (tertiary/aromatic N) is 1. The summed E-state index contributed by atoms with van der Waals surface area (Å²) in [5.74, 6) is 0.518. The van der Waals surface area contributed by atoms with E-state index in [2.05, 4.69) is 21.9 Å². The van der Waals surface area contributed by atoms with Crippen LogP contribution in [0.1, 0.15) is 17.5 Å². The second kappa shape index (κ2) is 6.96. The van der Waals surface area contributed by atoms with Crippen molar-refractivity contribution in [3.05, 3.63) is 59.7 Å². The van der Waals surface area contributed by atoms with Gasteiger partial charge in [0.1, 0.15) is 5.75 Å². The van der Waals surface area contributed by atoms with E-state index in [1.807, 2.05) is 42.5 Å². The van der Waals surface area contributed by atoms with E-state index in [0.29, 0.717) is 5.75 Å². The normalized spacial score (nSPS) is 14.4. The van der Waals surface area contributed by atoms with Gasteiger partial charge in [-0.1, -0.05) is 36.4 Å². The molecule has 23 heavy (non-hydrogen) atoms. The van der Waals surface area contributed by atoms with Gasteiger partial charge in [0.2, 0.25) is 0 Å². The minimum Gasteiger partial charge on any atom is -0.495 e. The second-order valence-corrected chi connectivity index (χ2v) is 5.30. The molecule has 0 heterocycles. The monoisotopic (exact) mass is 309 g/mol. The summed E-state index contributed by atoms with van der Waals surface area (Å²) in [7, 11) is 1.60. The number of carbonyl (C=O) groups excluding carboxylic acids is 1. The number of anilines is 1. The Morgan fingerprint density at radius 1 is 1.13 bits per heavy atom. The molecule has 0 unspecified atom stereocenters. The van der Waals surface area contributed by atoms with E-state index in [1.165, 1.54) is 5.56 Å². The largest absolute Gasteiger partial charge is 0.495 e. The van der Waals surface area contributed by atoms with Crippen molar-refractivity contribution in [3.8, 4) is 5.75 Å². The molecule has 0 aromatic heterocycles. The highest BCUT2D eigenvalue weighted by molar-refractivity contribution is 6.04. The van der Waals surface area contributed by atoms with E-state index in [9.17, 15) is 4.79 Å². The fourth-order valence-electron chi connectivity index (χ4n) is 2.66. The van der Waals surface area contributed by atoms with Crippen molar-refractivity contribution >= 4 is 17.3 Å². The topological polar surface area (TPSA) is 62.7 Å². The van der Waals surface area contributed by atoms with Crippen molar-refractivity contribution in [1.29, 1.82) is 0 Å². The Morgan fingerprint density at radius 3 is 2.78 bits per heavy atom. The molecule has 1 aliphatic carbocycles. The number of fused-ring (bicyclic) bond motifs is 1. The Balaban J connectivity index is 1.57. The molecule has 0 aliphatic heterocycles. The number of benzene rings is 2. The average Bonchev–Trinajstić information content (AvgIpc) is 3.01. The standard InChI is InChI=1S/C18H19N3O2/c1-23-17-9-5-4-8-16(17)19-12-18(22)21-20-15-11-10-13-6-2-3-7-14(13)15/h2-9,19H,10-12H2,1H3,(H,21,22)/b20-15-. The predicted molar refractivity (Wildman–Crippen MR) is 90.9 cm³/mol. The molecule has 0 atom stereocenters. The van der Waals surface area contributed by atoms with Crippen molar-refractivity contribution in [3.63, 3.8) is 0 Å². The van der Waals surface area contributed by atoms with Gasteiger partial charge in [0.15, 0.2) is 0 Å². The van der Waals surface area contributed by atoms with Gasteiger partial charge in [0, 0.05) is 5.56 Å². The maximum absolute atomic E-state index is 12.0. The van der Waals surface area contributed by atoms with Gasteiger partial charge in [0.05, 0.1) is 25.1 Å². The molecule has 5 nitrogen and oxygen atoms in total. The van der Waals surface area contributed by atoms with E-state index in [0.717, 1.165) is 29.8 Å². The second-order valence-electron chi connectivity index (χ2n) is 5.30. The van der Waals surface area contributed by atoms with E-state index < -0.39 is 0 Å². The zero-order chi connectivity index (χ0) is 16.1. The van der Waals surface area contributed by atoms with Gasteiger partial charge >= 0.3 is 0 Å². The van der Waals surface area contributed by atoms with Crippen LogP contribution >= 0.6 is 0 Å². The molecule has 0 fully saturated rings. The average molecular weight is 309 g/mol. The number of hydrogen-bond donors (Lipinski definition) is 2. The summed E-state index contributed by atoms with van der Waals surface area (Å²) >= 11 is 0. The van der Waals surface area contributed by atoms with Crippen LogP contribution < -0.4 is 15.5 Å². The van der Waals surface area contributed by atoms with Crippen molar-refractivity contribution in [2.45, 2.75) is 12.8 Å². The molecule has 2 N–H and O–H groups in total. The Hall–Kier alpha value is -2.82. The van der Waals surface area contributed by atoms with Gasteiger partial charge in [0.25, 0.3) is 5.91 Å². The number of amides is 1. The van der Waals surface area contributed by atoms with Gasteiger partial charge in [-0.25, -0.2) is 5.43 Å². The summed E-state index contributed by atoms with van der Waals surface area (Å²) in [4.78, 5) is 12.0. The minimum atomic E-state index is -0.187. The minimum absolute atomic E-state index is 0.138. The number of rotatable bonds is 5. The molecule has 0 spiro atoms. The fourth-order valence-corrected chi connectivity index (χ4v) is 2.66. The van der Waals surface area contributed by atoms with Gasteiger partial charge in [-0.15, -0.1) is 0 Å². The molecular weight excluding hydrogens is 290 g/mol. The molecular formula is C18H19N3O2. The highest BCUT2D eigenvalue weighted by Crippen LogP contribution is 2.23. The van der Waals surface area contributed by atoms with Crippen LogP contribution in [0.2, 0.25) is 0 Å². The quantitative estimate of drug-likeness (QED) is 0.835. The van der Waals surface area contributed by atoms with Crippen molar-refractivity contribution in [2.75, 3.05) is 19.0 Å². The summed E-state index contributed by atoms with van der Waals surface area (Å²) < 4.78 is 5.24. The fraction of sp³-hybridized carbons (Fsp3) is 0.222. The highest BCUT2D eigenvalue weighted by Gasteiger charge is 2.17. The van der Waals surface area contributed by atoms with E-state index in [1.54, 1.807) is 7.11 Å². The Morgan fingerprint density at radius 2 is 1.91 bits per heavy atom. The lowest BCUT2D eigenvalue weighted by Crippen LogP contribution is -2.27. The maximum Gasteiger partial charge on any atom is 0.259 e. The first-order chi connectivity index (χ1) is 11.3. The van der Waals surface area contributed by atoms with Crippen LogP contribution in [-0.2, 0) is 11.2 Å². The van der Waals surface area contributed by atoms with Gasteiger partial charge < -0.3 is 10.1 Å². The van der Waals surface area contributed by atoms with Crippen LogP contribution in [0.25, 0.3) is 0 Å². The van der Waals surface area contributed by atoms with Crippen LogP contribution in [0.3, 0.4) is 0 Å². The van der Waals surface area contributed by atoms with Crippen LogP contribution in [0, 0.1) is 0 Å². The SMILES string of the molecule is COc1ccccc1NCC(=O)N/N=C1/CCc2ccccc21. The molecule has 3 rings (SSSR count). The van der Waals surface area contributed by atoms with Gasteiger partial charge in [-0.3, -0.25) is 4.79 Å². The molecule has 5 heteroatoms. The lowest BCUT2D eigenvalue weighted by atomic mass is 10.1. The van der Waals surface area contributed by atoms with Crippen LogP contribution in [0.15, 0.2) is 53.6 Å². The van der Waals surface area contributed by atoms with Gasteiger partial charge in [-0.2, -0.15) is 5.10 Å². The molecule has 0 saturated heterocycles. The molecule has 0 bridgehead atoms. The van der Waals surface area contributed by atoms with Gasteiger partial charge in [-0.05, 0) is 30.5 Å². The number of methoxy groups -OCH3 is 1. The molecule has 2 aromatic carbocycles. The zero-order valence-corrected chi connectivity index (χ0v) is 13.0. The lowest BCUT2D eigenvalue weighted by Gasteiger charge is -2.10. The molecule has 0 saturated carbocycles. The Bertz CT molecular complexity index is 741. The summed E-state index contributed by atoms with van der Waals surface area (Å²) in [5.41, 5.74) is 6.75. The van der Waals surface area contributed by atoms with E-state index >= 15 is 0 Å². The van der Waals surface area contributed by atoms with Crippen molar-refractivity contribution in [2.24, 2.45) is 5.10 Å². The Labute approximate surface area is 135 Å². The van der Waals surface area contributed by atoms with Crippen LogP contribution in [-0.4, -0.2) is 25.3 Å². The lowest BCUT2D eigenvalue weighted by molar-refractivity contribution is -0.119. The first-order valence-corrected chi connectivity index (χ1v) is 7.58. The highest BCUT2D eigenvalue weighted by atomic mass is 16.5. The number of hydrazone groups is 1. The summed E-state index contributed by atoms with van der Waals surface area (Å²) in [6.45, 7) is 0.138. The molecule has 0 radical (unpaired) electrons. The summed E-state index contributed by atoms with van der Waals surface area (Å²) in [6.07, 6.45) is 1.84.